The summed E-state index contributed by atoms with van der Waals surface area (Å²) in [6, 6.07) is 1.97. The van der Waals surface area contributed by atoms with E-state index in [2.05, 4.69) is 23.8 Å². The molecule has 4 radical (unpaired) electrons. The van der Waals surface area contributed by atoms with Crippen LogP contribution in [0.3, 0.4) is 0 Å². The smallest absolute Gasteiger partial charge is 0.300 e. The molecule has 2 amide bonds. The maximum atomic E-state index is 11.5. The first kappa shape index (κ1) is 19.4. The van der Waals surface area contributed by atoms with Crippen LogP contribution in [-0.4, -0.2) is 31.2 Å². The summed E-state index contributed by atoms with van der Waals surface area (Å²) in [5.41, 5.74) is 0. The molecule has 0 spiro atoms. The van der Waals surface area contributed by atoms with Crippen LogP contribution >= 0.6 is 0 Å². The number of hydrogen-bond acceptors (Lipinski definition) is 2. The third-order valence-corrected chi connectivity index (χ3v) is 4.94. The lowest BCUT2D eigenvalue weighted by molar-refractivity contribution is -0.137. The van der Waals surface area contributed by atoms with E-state index in [1.165, 1.54) is 38.5 Å². The Balaban J connectivity index is 3.40. The zero-order chi connectivity index (χ0) is 15.1. The van der Waals surface area contributed by atoms with Gasteiger partial charge in [0.1, 0.15) is 0 Å². The zero-order valence-corrected chi connectivity index (χ0v) is 14.9. The Morgan fingerprint density at radius 3 is 1.45 bits per heavy atom. The summed E-state index contributed by atoms with van der Waals surface area (Å²) in [5.74, 6) is -0.945. The van der Waals surface area contributed by atoms with Crippen molar-refractivity contribution >= 4 is 31.2 Å². The van der Waals surface area contributed by atoms with E-state index >= 15 is 0 Å². The molecule has 0 bridgehead atoms. The monoisotopic (exact) mass is 312 g/mol. The van der Waals surface area contributed by atoms with E-state index < -0.39 is 11.8 Å². The van der Waals surface area contributed by atoms with Crippen LogP contribution in [0, 0.1) is 0 Å². The van der Waals surface area contributed by atoms with Gasteiger partial charge >= 0.3 is 0 Å². The van der Waals surface area contributed by atoms with E-state index in [0.29, 0.717) is 19.4 Å². The summed E-state index contributed by atoms with van der Waals surface area (Å²) in [5, 5.41) is 0. The minimum Gasteiger partial charge on any atom is -0.374 e. The normalized spacial score (nSPS) is 10.3. The number of amides is 2. The largest absolute Gasteiger partial charge is 0.374 e. The lowest BCUT2D eigenvalue weighted by Crippen LogP contribution is -2.42. The second-order valence-corrected chi connectivity index (χ2v) is 7.09. The van der Waals surface area contributed by atoms with Gasteiger partial charge < -0.3 is 9.96 Å². The molecule has 0 unspecified atom stereocenters. The second-order valence-electron chi connectivity index (χ2n) is 4.88. The van der Waals surface area contributed by atoms with Gasteiger partial charge in [0.15, 0.2) is 19.4 Å². The standard InChI is InChI=1S/C14H28N2O2Si2/c1-3-5-7-9-11-19-15-13(17)14(18)16-20-12-10-8-6-4-2/h3-12H2,1-2H3,(H,15,17)(H,16,18). The molecule has 20 heavy (non-hydrogen) atoms. The Hall–Kier alpha value is -0.626. The fourth-order valence-corrected chi connectivity index (χ4v) is 3.33. The van der Waals surface area contributed by atoms with Gasteiger partial charge in [-0.3, -0.25) is 9.59 Å². The summed E-state index contributed by atoms with van der Waals surface area (Å²) in [4.78, 5) is 28.4. The third kappa shape index (κ3) is 12.4. The highest BCUT2D eigenvalue weighted by Crippen LogP contribution is 2.02. The average molecular weight is 313 g/mol. The lowest BCUT2D eigenvalue weighted by atomic mass is 10.2. The molecular weight excluding hydrogens is 284 g/mol. The Morgan fingerprint density at radius 2 is 1.10 bits per heavy atom. The lowest BCUT2D eigenvalue weighted by Gasteiger charge is -2.05. The van der Waals surface area contributed by atoms with Crippen LogP contribution in [0.25, 0.3) is 0 Å². The van der Waals surface area contributed by atoms with Crippen LogP contribution in [0.15, 0.2) is 0 Å². The van der Waals surface area contributed by atoms with Crippen LogP contribution < -0.4 is 9.96 Å². The van der Waals surface area contributed by atoms with Crippen molar-refractivity contribution in [2.45, 2.75) is 77.3 Å². The van der Waals surface area contributed by atoms with E-state index in [9.17, 15) is 9.59 Å². The van der Waals surface area contributed by atoms with Crippen LogP contribution in [0.5, 0.6) is 0 Å². The third-order valence-electron chi connectivity index (χ3n) is 2.92. The van der Waals surface area contributed by atoms with Gasteiger partial charge in [-0.05, 0) is 12.1 Å². The molecule has 0 aromatic rings. The SMILES string of the molecule is CCCCCC[Si]NC(=O)C(=O)N[Si]CCCCCC. The molecular formula is C14H28N2O2Si2. The Kier molecular flexibility index (Phi) is 14.3. The maximum absolute atomic E-state index is 11.5. The van der Waals surface area contributed by atoms with Gasteiger partial charge in [0.05, 0.1) is 0 Å². The molecule has 6 heteroatoms. The zero-order valence-electron chi connectivity index (χ0n) is 12.9. The van der Waals surface area contributed by atoms with E-state index in [0.717, 1.165) is 24.9 Å². The Morgan fingerprint density at radius 1 is 0.700 bits per heavy atom. The molecule has 0 aromatic heterocycles. The number of carbonyl (C=O) groups is 2. The molecule has 0 rings (SSSR count). The van der Waals surface area contributed by atoms with E-state index in [4.69, 9.17) is 0 Å². The quantitative estimate of drug-likeness (QED) is 0.330. The molecule has 2 N–H and O–H groups in total. The predicted octanol–water partition coefficient (Wildman–Crippen LogP) is 2.45. The van der Waals surface area contributed by atoms with Crippen molar-refractivity contribution in [2.75, 3.05) is 0 Å². The predicted molar refractivity (Wildman–Crippen MR) is 85.7 cm³/mol. The molecule has 0 saturated carbocycles. The Labute approximate surface area is 128 Å². The summed E-state index contributed by atoms with van der Waals surface area (Å²) < 4.78 is 0. The number of nitrogens with one attached hydrogen (secondary N) is 2. The average Bonchev–Trinajstić information content (AvgIpc) is 2.45. The number of carbonyl (C=O) groups excluding carboxylic acids is 2. The molecule has 0 saturated heterocycles. The van der Waals surface area contributed by atoms with Crippen molar-refractivity contribution in [3.05, 3.63) is 0 Å². The van der Waals surface area contributed by atoms with Gasteiger partial charge in [-0.25, -0.2) is 0 Å². The molecule has 0 aromatic carbocycles. The van der Waals surface area contributed by atoms with Crippen LogP contribution in [0.4, 0.5) is 0 Å². The minimum absolute atomic E-state index is 0.365. The van der Waals surface area contributed by atoms with Crippen molar-refractivity contribution in [2.24, 2.45) is 0 Å². The van der Waals surface area contributed by atoms with E-state index in [1.807, 2.05) is 0 Å². The summed E-state index contributed by atoms with van der Waals surface area (Å²) >= 11 is 0. The molecule has 0 fully saturated rings. The van der Waals surface area contributed by atoms with Gasteiger partial charge in [-0.15, -0.1) is 0 Å². The molecule has 0 aliphatic heterocycles. The van der Waals surface area contributed by atoms with Crippen LogP contribution in [0.1, 0.15) is 65.2 Å². The fraction of sp³-hybridized carbons (Fsp3) is 0.857. The molecule has 114 valence electrons. The minimum atomic E-state index is -0.472. The van der Waals surface area contributed by atoms with E-state index in [1.54, 1.807) is 0 Å². The first-order valence-corrected chi connectivity index (χ1v) is 10.2. The number of unbranched alkanes of at least 4 members (excludes halogenated alkanes) is 6. The van der Waals surface area contributed by atoms with Crippen molar-refractivity contribution in [3.8, 4) is 0 Å². The molecule has 0 atom stereocenters. The maximum Gasteiger partial charge on any atom is 0.300 e. The molecule has 4 nitrogen and oxygen atoms in total. The van der Waals surface area contributed by atoms with Crippen molar-refractivity contribution < 1.29 is 9.59 Å². The van der Waals surface area contributed by atoms with Gasteiger partial charge in [-0.2, -0.15) is 0 Å². The summed E-state index contributed by atoms with van der Waals surface area (Å²) in [6.07, 6.45) is 9.63. The highest BCUT2D eigenvalue weighted by molar-refractivity contribution is 6.53. The fourth-order valence-electron chi connectivity index (χ4n) is 1.68. The van der Waals surface area contributed by atoms with E-state index in [-0.39, 0.29) is 0 Å². The van der Waals surface area contributed by atoms with Gasteiger partial charge in [0, 0.05) is 0 Å². The first-order valence-electron chi connectivity index (χ1n) is 7.78. The van der Waals surface area contributed by atoms with Crippen molar-refractivity contribution in [3.63, 3.8) is 0 Å². The second kappa shape index (κ2) is 14.8. The van der Waals surface area contributed by atoms with Gasteiger partial charge in [0.2, 0.25) is 0 Å². The molecule has 0 aliphatic rings. The van der Waals surface area contributed by atoms with Gasteiger partial charge in [0.25, 0.3) is 11.8 Å². The molecule has 0 heterocycles. The number of hydrogen-bond donors (Lipinski definition) is 2. The van der Waals surface area contributed by atoms with Crippen LogP contribution in [-0.2, 0) is 9.59 Å². The number of rotatable bonds is 12. The highest BCUT2D eigenvalue weighted by atomic mass is 28.2. The van der Waals surface area contributed by atoms with Crippen LogP contribution in [0.2, 0.25) is 12.1 Å². The molecule has 0 aliphatic carbocycles. The van der Waals surface area contributed by atoms with Crippen molar-refractivity contribution in [1.29, 1.82) is 0 Å². The summed E-state index contributed by atoms with van der Waals surface area (Å²) in [7, 11) is 0.729. The summed E-state index contributed by atoms with van der Waals surface area (Å²) in [6.45, 7) is 4.36. The highest BCUT2D eigenvalue weighted by Gasteiger charge is 2.11. The first-order chi connectivity index (χ1) is 9.72. The Bertz CT molecular complexity index is 238. The topological polar surface area (TPSA) is 58.2 Å². The van der Waals surface area contributed by atoms with Crippen molar-refractivity contribution in [1.82, 2.24) is 9.96 Å². The van der Waals surface area contributed by atoms with Gasteiger partial charge in [-0.1, -0.05) is 65.2 Å².